The Morgan fingerprint density at radius 2 is 1.78 bits per heavy atom. The predicted octanol–water partition coefficient (Wildman–Crippen LogP) is 3.98. The molecule has 0 radical (unpaired) electrons. The minimum absolute atomic E-state index is 0.320. The van der Waals surface area contributed by atoms with Gasteiger partial charge in [0, 0.05) is 6.07 Å². The van der Waals surface area contributed by atoms with Gasteiger partial charge in [-0.3, -0.25) is 4.72 Å². The molecule has 5 heteroatoms. The third kappa shape index (κ3) is 4.13. The number of nitrogens with one attached hydrogen (secondary N) is 1. The molecule has 2 aromatic rings. The lowest BCUT2D eigenvalue weighted by molar-refractivity contribution is 0.363. The topological polar surface area (TPSA) is 55.4 Å². The van der Waals surface area contributed by atoms with E-state index in [9.17, 15) is 8.42 Å². The van der Waals surface area contributed by atoms with Crippen molar-refractivity contribution in [3.63, 3.8) is 0 Å². The van der Waals surface area contributed by atoms with Crippen molar-refractivity contribution in [2.24, 2.45) is 0 Å². The van der Waals surface area contributed by atoms with Crippen LogP contribution in [-0.2, 0) is 10.0 Å². The molecule has 0 heterocycles. The standard InChI is InChI=1S/C18H21NO3S/c1-5-9-22-17-8-6-7-16(12-17)19-23(20,21)18-14(3)10-13(2)11-15(18)4/h5-8,10-12,19H,1,9H2,2-4H3. The summed E-state index contributed by atoms with van der Waals surface area (Å²) in [6.45, 7) is 9.51. The maximum Gasteiger partial charge on any atom is 0.262 e. The molecule has 0 saturated heterocycles. The summed E-state index contributed by atoms with van der Waals surface area (Å²) < 4.78 is 33.5. The fraction of sp³-hybridized carbons (Fsp3) is 0.222. The summed E-state index contributed by atoms with van der Waals surface area (Å²) in [7, 11) is -3.65. The van der Waals surface area contributed by atoms with Crippen LogP contribution in [0.4, 0.5) is 5.69 Å². The van der Waals surface area contributed by atoms with Crippen LogP contribution in [0.5, 0.6) is 5.75 Å². The van der Waals surface area contributed by atoms with Gasteiger partial charge in [-0.2, -0.15) is 0 Å². The Morgan fingerprint density at radius 3 is 2.39 bits per heavy atom. The molecule has 2 aromatic carbocycles. The van der Waals surface area contributed by atoms with Crippen molar-refractivity contribution in [1.29, 1.82) is 0 Å². The lowest BCUT2D eigenvalue weighted by atomic mass is 10.1. The molecular weight excluding hydrogens is 310 g/mol. The zero-order valence-electron chi connectivity index (χ0n) is 13.6. The second-order valence-electron chi connectivity index (χ2n) is 5.46. The predicted molar refractivity (Wildman–Crippen MR) is 93.6 cm³/mol. The number of hydrogen-bond acceptors (Lipinski definition) is 3. The van der Waals surface area contributed by atoms with Gasteiger partial charge in [0.2, 0.25) is 0 Å². The van der Waals surface area contributed by atoms with E-state index in [2.05, 4.69) is 11.3 Å². The lowest BCUT2D eigenvalue weighted by Crippen LogP contribution is -2.16. The molecule has 2 rings (SSSR count). The highest BCUT2D eigenvalue weighted by atomic mass is 32.2. The van der Waals surface area contributed by atoms with Gasteiger partial charge in [-0.25, -0.2) is 8.42 Å². The molecule has 0 aliphatic carbocycles. The first-order valence-electron chi connectivity index (χ1n) is 7.28. The highest BCUT2D eigenvalue weighted by Crippen LogP contribution is 2.25. The van der Waals surface area contributed by atoms with Crippen molar-refractivity contribution in [3.8, 4) is 5.75 Å². The van der Waals surface area contributed by atoms with Crippen LogP contribution < -0.4 is 9.46 Å². The summed E-state index contributed by atoms with van der Waals surface area (Å²) in [6, 6.07) is 10.6. The number of sulfonamides is 1. The quantitative estimate of drug-likeness (QED) is 0.815. The lowest BCUT2D eigenvalue weighted by Gasteiger charge is -2.14. The van der Waals surface area contributed by atoms with E-state index in [4.69, 9.17) is 4.74 Å². The fourth-order valence-corrected chi connectivity index (χ4v) is 4.11. The molecule has 0 unspecified atom stereocenters. The molecule has 0 bridgehead atoms. The monoisotopic (exact) mass is 331 g/mol. The summed E-state index contributed by atoms with van der Waals surface area (Å²) in [4.78, 5) is 0.320. The molecular formula is C18H21NO3S. The Morgan fingerprint density at radius 1 is 1.13 bits per heavy atom. The van der Waals surface area contributed by atoms with Gasteiger partial charge in [0.15, 0.2) is 0 Å². The van der Waals surface area contributed by atoms with Gasteiger partial charge in [0.05, 0.1) is 10.6 Å². The number of benzene rings is 2. The summed E-state index contributed by atoms with van der Waals surface area (Å²) in [5.41, 5.74) is 2.97. The van der Waals surface area contributed by atoms with Crippen LogP contribution in [0.25, 0.3) is 0 Å². The summed E-state index contributed by atoms with van der Waals surface area (Å²) in [5, 5.41) is 0. The summed E-state index contributed by atoms with van der Waals surface area (Å²) in [6.07, 6.45) is 1.63. The molecule has 4 nitrogen and oxygen atoms in total. The first-order chi connectivity index (χ1) is 10.8. The molecule has 0 aliphatic heterocycles. The molecule has 23 heavy (non-hydrogen) atoms. The zero-order chi connectivity index (χ0) is 17.0. The van der Waals surface area contributed by atoms with Gasteiger partial charge in [0.1, 0.15) is 12.4 Å². The Bertz CT molecular complexity index is 803. The van der Waals surface area contributed by atoms with Crippen LogP contribution in [0, 0.1) is 20.8 Å². The van der Waals surface area contributed by atoms with Gasteiger partial charge in [-0.1, -0.05) is 36.4 Å². The highest BCUT2D eigenvalue weighted by Gasteiger charge is 2.20. The molecule has 1 N–H and O–H groups in total. The average molecular weight is 331 g/mol. The second kappa shape index (κ2) is 6.87. The summed E-state index contributed by atoms with van der Waals surface area (Å²) in [5.74, 6) is 0.586. The normalized spacial score (nSPS) is 11.1. The van der Waals surface area contributed by atoms with Crippen LogP contribution in [0.3, 0.4) is 0 Å². The number of rotatable bonds is 6. The SMILES string of the molecule is C=CCOc1cccc(NS(=O)(=O)c2c(C)cc(C)cc2C)c1. The number of hydrogen-bond donors (Lipinski definition) is 1. The van der Waals surface area contributed by atoms with Crippen LogP contribution in [0.1, 0.15) is 16.7 Å². The molecule has 0 fully saturated rings. The van der Waals surface area contributed by atoms with Crippen LogP contribution in [0.2, 0.25) is 0 Å². The van der Waals surface area contributed by atoms with E-state index in [1.807, 2.05) is 19.1 Å². The molecule has 0 spiro atoms. The van der Waals surface area contributed by atoms with E-state index in [1.54, 1.807) is 44.2 Å². The van der Waals surface area contributed by atoms with Crippen LogP contribution in [0.15, 0.2) is 53.9 Å². The van der Waals surface area contributed by atoms with Crippen molar-refractivity contribution in [1.82, 2.24) is 0 Å². The third-order valence-electron chi connectivity index (χ3n) is 3.33. The van der Waals surface area contributed by atoms with Crippen molar-refractivity contribution >= 4 is 15.7 Å². The van der Waals surface area contributed by atoms with Gasteiger partial charge in [-0.15, -0.1) is 0 Å². The van der Waals surface area contributed by atoms with Crippen molar-refractivity contribution in [2.45, 2.75) is 25.7 Å². The molecule has 0 saturated carbocycles. The average Bonchev–Trinajstić information content (AvgIpc) is 2.43. The van der Waals surface area contributed by atoms with Gasteiger partial charge in [-0.05, 0) is 44.0 Å². The third-order valence-corrected chi connectivity index (χ3v) is 5.01. The molecule has 0 amide bonds. The molecule has 0 aromatic heterocycles. The molecule has 122 valence electrons. The van der Waals surface area contributed by atoms with E-state index < -0.39 is 10.0 Å². The van der Waals surface area contributed by atoms with E-state index in [1.165, 1.54) is 0 Å². The Kier molecular flexibility index (Phi) is 5.11. The molecule has 0 atom stereocenters. The number of ether oxygens (including phenoxy) is 1. The van der Waals surface area contributed by atoms with Crippen LogP contribution in [-0.4, -0.2) is 15.0 Å². The van der Waals surface area contributed by atoms with E-state index in [0.717, 1.165) is 16.7 Å². The smallest absolute Gasteiger partial charge is 0.262 e. The van der Waals surface area contributed by atoms with E-state index in [-0.39, 0.29) is 0 Å². The fourth-order valence-electron chi connectivity index (χ4n) is 2.60. The van der Waals surface area contributed by atoms with Crippen molar-refractivity contribution < 1.29 is 13.2 Å². The Labute approximate surface area is 137 Å². The van der Waals surface area contributed by atoms with E-state index in [0.29, 0.717) is 22.9 Å². The van der Waals surface area contributed by atoms with E-state index >= 15 is 0 Å². The Balaban J connectivity index is 2.34. The van der Waals surface area contributed by atoms with Gasteiger partial charge < -0.3 is 4.74 Å². The largest absolute Gasteiger partial charge is 0.489 e. The van der Waals surface area contributed by atoms with Crippen LogP contribution >= 0.6 is 0 Å². The number of aryl methyl sites for hydroxylation is 3. The minimum Gasteiger partial charge on any atom is -0.489 e. The minimum atomic E-state index is -3.65. The maximum absolute atomic E-state index is 12.7. The highest BCUT2D eigenvalue weighted by molar-refractivity contribution is 7.92. The zero-order valence-corrected chi connectivity index (χ0v) is 14.4. The molecule has 0 aliphatic rings. The van der Waals surface area contributed by atoms with Crippen molar-refractivity contribution in [2.75, 3.05) is 11.3 Å². The second-order valence-corrected chi connectivity index (χ2v) is 7.08. The van der Waals surface area contributed by atoms with Gasteiger partial charge >= 0.3 is 0 Å². The maximum atomic E-state index is 12.7. The first-order valence-corrected chi connectivity index (χ1v) is 8.76. The van der Waals surface area contributed by atoms with Crippen molar-refractivity contribution in [3.05, 3.63) is 65.7 Å². The number of anilines is 1. The first kappa shape index (κ1) is 17.1. The Hall–Kier alpha value is -2.27. The summed E-state index contributed by atoms with van der Waals surface area (Å²) >= 11 is 0. The van der Waals surface area contributed by atoms with Gasteiger partial charge in [0.25, 0.3) is 10.0 Å².